The van der Waals surface area contributed by atoms with Gasteiger partial charge in [-0.05, 0) is 31.1 Å². The molecule has 4 heteroatoms. The van der Waals surface area contributed by atoms with E-state index in [4.69, 9.17) is 5.26 Å². The summed E-state index contributed by atoms with van der Waals surface area (Å²) < 4.78 is 26.7. The van der Waals surface area contributed by atoms with Gasteiger partial charge in [-0.1, -0.05) is 17.7 Å². The highest BCUT2D eigenvalue weighted by Crippen LogP contribution is 2.30. The van der Waals surface area contributed by atoms with Crippen LogP contribution < -0.4 is 5.32 Å². The molecular weight excluding hydrogens is 234 g/mol. The second-order valence-electron chi connectivity index (χ2n) is 4.34. The number of benzene rings is 1. The summed E-state index contributed by atoms with van der Waals surface area (Å²) in [5, 5.41) is 11.7. The van der Waals surface area contributed by atoms with E-state index in [2.05, 4.69) is 5.32 Å². The van der Waals surface area contributed by atoms with Crippen molar-refractivity contribution in [3.63, 3.8) is 0 Å². The summed E-state index contributed by atoms with van der Waals surface area (Å²) in [4.78, 5) is 0. The lowest BCUT2D eigenvalue weighted by atomic mass is 9.97. The summed E-state index contributed by atoms with van der Waals surface area (Å²) in [6.07, 6.45) is 0. The fraction of sp³-hybridized carbons (Fsp3) is 0.357. The first-order chi connectivity index (χ1) is 8.29. The van der Waals surface area contributed by atoms with Gasteiger partial charge in [-0.3, -0.25) is 0 Å². The van der Waals surface area contributed by atoms with Crippen molar-refractivity contribution in [1.82, 2.24) is 5.32 Å². The Bertz CT molecular complexity index is 520. The maximum atomic E-state index is 13.3. The van der Waals surface area contributed by atoms with Crippen LogP contribution in [0.3, 0.4) is 0 Å². The normalized spacial score (nSPS) is 12.7. The molecule has 1 rings (SSSR count). The van der Waals surface area contributed by atoms with Gasteiger partial charge in [-0.2, -0.15) is 5.26 Å². The van der Waals surface area contributed by atoms with Crippen molar-refractivity contribution in [3.8, 4) is 6.07 Å². The molecule has 0 heterocycles. The van der Waals surface area contributed by atoms with Crippen molar-refractivity contribution >= 4 is 5.57 Å². The van der Waals surface area contributed by atoms with Gasteiger partial charge in [0.1, 0.15) is 11.8 Å². The summed E-state index contributed by atoms with van der Waals surface area (Å²) in [5.41, 5.74) is 2.39. The molecule has 0 bridgehead atoms. The monoisotopic (exact) mass is 250 g/mol. The topological polar surface area (TPSA) is 35.8 Å². The number of halogens is 2. The van der Waals surface area contributed by atoms with Crippen molar-refractivity contribution in [3.05, 3.63) is 40.6 Å². The summed E-state index contributed by atoms with van der Waals surface area (Å²) >= 11 is 0. The molecule has 0 aliphatic rings. The molecule has 1 aromatic carbocycles. The summed E-state index contributed by atoms with van der Waals surface area (Å²) in [6, 6.07) is 6.69. The molecule has 0 saturated heterocycles. The number of rotatable bonds is 3. The summed E-state index contributed by atoms with van der Waals surface area (Å²) in [5.74, 6) is -2.88. The van der Waals surface area contributed by atoms with Gasteiger partial charge in [0, 0.05) is 19.5 Å². The molecule has 96 valence electrons. The third kappa shape index (κ3) is 3.07. The van der Waals surface area contributed by atoms with Crippen LogP contribution in [0.25, 0.3) is 5.57 Å². The molecular formula is C14H16F2N2. The largest absolute Gasteiger partial charge is 0.379 e. The summed E-state index contributed by atoms with van der Waals surface area (Å²) in [6.45, 7) is 4.37. The second-order valence-corrected chi connectivity index (χ2v) is 4.34. The Labute approximate surface area is 106 Å². The van der Waals surface area contributed by atoms with Crippen LogP contribution in [0, 0.1) is 18.3 Å². The average molecular weight is 250 g/mol. The van der Waals surface area contributed by atoms with Gasteiger partial charge in [0.15, 0.2) is 0 Å². The Hall–Kier alpha value is -1.89. The van der Waals surface area contributed by atoms with E-state index >= 15 is 0 Å². The van der Waals surface area contributed by atoms with E-state index in [1.54, 1.807) is 27.0 Å². The molecule has 1 N–H and O–H groups in total. The molecule has 0 amide bonds. The number of nitrogens with zero attached hydrogens (tertiary/aromatic N) is 1. The number of allylic oxidation sites excluding steroid dienone is 2. The molecule has 0 aliphatic heterocycles. The maximum Gasteiger partial charge on any atom is 0.270 e. The van der Waals surface area contributed by atoms with Crippen LogP contribution >= 0.6 is 0 Å². The lowest BCUT2D eigenvalue weighted by Crippen LogP contribution is -2.09. The molecule has 0 atom stereocenters. The molecule has 18 heavy (non-hydrogen) atoms. The van der Waals surface area contributed by atoms with Crippen molar-refractivity contribution in [2.75, 3.05) is 7.05 Å². The molecule has 0 spiro atoms. The van der Waals surface area contributed by atoms with Crippen LogP contribution in [0.5, 0.6) is 0 Å². The van der Waals surface area contributed by atoms with Crippen LogP contribution in [-0.4, -0.2) is 7.05 Å². The quantitative estimate of drug-likeness (QED) is 0.832. The summed E-state index contributed by atoms with van der Waals surface area (Å²) in [7, 11) is 1.63. The Morgan fingerprint density at radius 2 is 1.94 bits per heavy atom. The average Bonchev–Trinajstić information content (AvgIpc) is 2.28. The molecule has 2 nitrogen and oxygen atoms in total. The van der Waals surface area contributed by atoms with Crippen molar-refractivity contribution < 1.29 is 8.78 Å². The smallest absolute Gasteiger partial charge is 0.270 e. The van der Waals surface area contributed by atoms with E-state index < -0.39 is 5.92 Å². The predicted molar refractivity (Wildman–Crippen MR) is 68.0 cm³/mol. The van der Waals surface area contributed by atoms with E-state index in [1.807, 2.05) is 6.07 Å². The van der Waals surface area contributed by atoms with Gasteiger partial charge in [0.05, 0.1) is 0 Å². The van der Waals surface area contributed by atoms with E-state index in [0.29, 0.717) is 16.8 Å². The van der Waals surface area contributed by atoms with Gasteiger partial charge in [-0.15, -0.1) is 0 Å². The van der Waals surface area contributed by atoms with Crippen LogP contribution in [-0.2, 0) is 5.92 Å². The van der Waals surface area contributed by atoms with E-state index in [-0.39, 0.29) is 5.56 Å². The number of aryl methyl sites for hydroxylation is 1. The van der Waals surface area contributed by atoms with Crippen molar-refractivity contribution in [2.45, 2.75) is 26.7 Å². The molecule has 0 unspecified atom stereocenters. The Kier molecular flexibility index (Phi) is 4.07. The highest BCUT2D eigenvalue weighted by atomic mass is 19.3. The molecule has 0 saturated carbocycles. The number of alkyl halides is 2. The molecule has 0 aliphatic carbocycles. The van der Waals surface area contributed by atoms with E-state index in [1.165, 1.54) is 12.1 Å². The minimum atomic E-state index is -2.88. The van der Waals surface area contributed by atoms with Crippen LogP contribution in [0.4, 0.5) is 8.78 Å². The highest BCUT2D eigenvalue weighted by molar-refractivity contribution is 5.70. The fourth-order valence-corrected chi connectivity index (χ4v) is 1.72. The van der Waals surface area contributed by atoms with Gasteiger partial charge >= 0.3 is 0 Å². The predicted octanol–water partition coefficient (Wildman–Crippen LogP) is 3.58. The minimum absolute atomic E-state index is 0.0368. The third-order valence-electron chi connectivity index (χ3n) is 2.75. The number of nitriles is 1. The van der Waals surface area contributed by atoms with Gasteiger partial charge in [-0.25, -0.2) is 8.78 Å². The molecule has 0 radical (unpaired) electrons. The SMILES string of the molecule is CN/C(C#N)=C(\C)c1cc(C)cc(C(C)(F)F)c1. The van der Waals surface area contributed by atoms with Gasteiger partial charge in [0.25, 0.3) is 5.92 Å². The maximum absolute atomic E-state index is 13.3. The minimum Gasteiger partial charge on any atom is -0.379 e. The third-order valence-corrected chi connectivity index (χ3v) is 2.75. The Balaban J connectivity index is 3.41. The Morgan fingerprint density at radius 1 is 1.33 bits per heavy atom. The molecule has 1 aromatic rings. The van der Waals surface area contributed by atoms with Gasteiger partial charge in [0.2, 0.25) is 0 Å². The first-order valence-electron chi connectivity index (χ1n) is 5.58. The van der Waals surface area contributed by atoms with Gasteiger partial charge < -0.3 is 5.32 Å². The zero-order valence-electron chi connectivity index (χ0n) is 10.9. The zero-order valence-corrected chi connectivity index (χ0v) is 10.9. The van der Waals surface area contributed by atoms with E-state index in [0.717, 1.165) is 12.5 Å². The van der Waals surface area contributed by atoms with E-state index in [9.17, 15) is 8.78 Å². The number of nitrogens with one attached hydrogen (secondary N) is 1. The first kappa shape index (κ1) is 14.2. The lowest BCUT2D eigenvalue weighted by molar-refractivity contribution is 0.0174. The fourth-order valence-electron chi connectivity index (χ4n) is 1.72. The molecule has 0 aromatic heterocycles. The molecule has 0 fully saturated rings. The van der Waals surface area contributed by atoms with Crippen molar-refractivity contribution in [2.24, 2.45) is 0 Å². The number of hydrogen-bond acceptors (Lipinski definition) is 2. The zero-order chi connectivity index (χ0) is 13.9. The lowest BCUT2D eigenvalue weighted by Gasteiger charge is -2.14. The highest BCUT2D eigenvalue weighted by Gasteiger charge is 2.25. The van der Waals surface area contributed by atoms with Crippen LogP contribution in [0.2, 0.25) is 0 Å². The standard InChI is InChI=1S/C14H16F2N2/c1-9-5-11(10(2)13(8-17)18-4)7-12(6-9)14(3,15)16/h5-7,18H,1-4H3/b13-10+. The second kappa shape index (κ2) is 5.18. The van der Waals surface area contributed by atoms with Crippen molar-refractivity contribution in [1.29, 1.82) is 5.26 Å². The van der Waals surface area contributed by atoms with Crippen LogP contribution in [0.15, 0.2) is 23.9 Å². The van der Waals surface area contributed by atoms with Crippen LogP contribution in [0.1, 0.15) is 30.5 Å². The number of hydrogen-bond donors (Lipinski definition) is 1. The Morgan fingerprint density at radius 3 is 2.39 bits per heavy atom. The first-order valence-corrected chi connectivity index (χ1v) is 5.58.